The van der Waals surface area contributed by atoms with Crippen LogP contribution in [0.1, 0.15) is 5.56 Å². The predicted octanol–water partition coefficient (Wildman–Crippen LogP) is 3.24. The minimum Gasteiger partial charge on any atom is -0.508 e. The second-order valence-electron chi connectivity index (χ2n) is 5.76. The summed E-state index contributed by atoms with van der Waals surface area (Å²) in [5, 5.41) is 11.9. The summed E-state index contributed by atoms with van der Waals surface area (Å²) in [4.78, 5) is 16.0. The van der Waals surface area contributed by atoms with Gasteiger partial charge in [-0.2, -0.15) is 0 Å². The van der Waals surface area contributed by atoms with Gasteiger partial charge in [0.15, 0.2) is 0 Å². The number of aromatic nitrogens is 1. The molecule has 1 amide bonds. The third-order valence-corrected chi connectivity index (χ3v) is 5.03. The van der Waals surface area contributed by atoms with Gasteiger partial charge < -0.3 is 10.4 Å². The lowest BCUT2D eigenvalue weighted by Crippen LogP contribution is -2.14. The summed E-state index contributed by atoms with van der Waals surface area (Å²) in [5.74, 6) is 0.00344. The molecule has 3 rings (SSSR count). The van der Waals surface area contributed by atoms with Gasteiger partial charge in [0.25, 0.3) is 10.0 Å². The number of hydrogen-bond acceptors (Lipinski definition) is 5. The van der Waals surface area contributed by atoms with Crippen LogP contribution in [0.15, 0.2) is 83.9 Å². The molecule has 3 N–H and O–H groups in total. The van der Waals surface area contributed by atoms with Gasteiger partial charge in [0.2, 0.25) is 5.91 Å². The highest BCUT2D eigenvalue weighted by molar-refractivity contribution is 7.92. The molecule has 0 atom stereocenters. The van der Waals surface area contributed by atoms with Crippen LogP contribution in [-0.4, -0.2) is 24.4 Å². The number of phenols is 1. The van der Waals surface area contributed by atoms with Crippen molar-refractivity contribution < 1.29 is 18.3 Å². The van der Waals surface area contributed by atoms with Gasteiger partial charge in [-0.1, -0.05) is 18.2 Å². The number of amides is 1. The lowest BCUT2D eigenvalue weighted by atomic mass is 10.2. The summed E-state index contributed by atoms with van der Waals surface area (Å²) in [6.07, 6.45) is 4.44. The zero-order valence-corrected chi connectivity index (χ0v) is 15.4. The molecule has 0 aliphatic carbocycles. The van der Waals surface area contributed by atoms with E-state index in [1.807, 2.05) is 0 Å². The van der Waals surface area contributed by atoms with Crippen LogP contribution >= 0.6 is 0 Å². The molecule has 0 saturated carbocycles. The first kappa shape index (κ1) is 19.1. The molecule has 3 aromatic rings. The summed E-state index contributed by atoms with van der Waals surface area (Å²) in [7, 11) is -3.77. The summed E-state index contributed by atoms with van der Waals surface area (Å²) in [6.45, 7) is 0. The largest absolute Gasteiger partial charge is 0.508 e. The second kappa shape index (κ2) is 8.36. The van der Waals surface area contributed by atoms with E-state index in [0.717, 1.165) is 5.56 Å². The molecule has 0 unspecified atom stereocenters. The Morgan fingerprint density at radius 1 is 0.964 bits per heavy atom. The quantitative estimate of drug-likeness (QED) is 0.555. The molecule has 0 bridgehead atoms. The SMILES string of the molecule is O=C(C=Cc1ccc(O)cc1)Nc1ccc(S(=O)(=O)Nc2ccccn2)cc1. The van der Waals surface area contributed by atoms with Crippen molar-refractivity contribution in [3.05, 3.63) is 84.6 Å². The standard InChI is InChI=1S/C20H17N3O4S/c24-17-9-4-15(5-10-17)6-13-20(25)22-16-7-11-18(12-8-16)28(26,27)23-19-3-1-2-14-21-19/h1-14,24H,(H,21,23)(H,22,25). The van der Waals surface area contributed by atoms with Crippen LogP contribution in [0.3, 0.4) is 0 Å². The van der Waals surface area contributed by atoms with Crippen LogP contribution in [0.2, 0.25) is 0 Å². The number of pyridine rings is 1. The minimum atomic E-state index is -3.77. The van der Waals surface area contributed by atoms with Crippen molar-refractivity contribution in [1.82, 2.24) is 4.98 Å². The van der Waals surface area contributed by atoms with Gasteiger partial charge in [0.1, 0.15) is 11.6 Å². The minimum absolute atomic E-state index is 0.0517. The number of benzene rings is 2. The van der Waals surface area contributed by atoms with Gasteiger partial charge in [-0.15, -0.1) is 0 Å². The number of aromatic hydroxyl groups is 1. The van der Waals surface area contributed by atoms with Crippen LogP contribution in [0.5, 0.6) is 5.75 Å². The van der Waals surface area contributed by atoms with Crippen molar-refractivity contribution in [2.75, 3.05) is 10.0 Å². The molecule has 1 aromatic heterocycles. The summed E-state index contributed by atoms with van der Waals surface area (Å²) < 4.78 is 27.1. The molecule has 0 spiro atoms. The Bertz CT molecular complexity index is 1080. The number of nitrogens with zero attached hydrogens (tertiary/aromatic N) is 1. The first-order valence-corrected chi connectivity index (χ1v) is 9.73. The summed E-state index contributed by atoms with van der Waals surface area (Å²) in [6, 6.07) is 17.1. The molecule has 0 aliphatic rings. The molecular weight excluding hydrogens is 378 g/mol. The Labute approximate surface area is 162 Å². The Balaban J connectivity index is 1.63. The Morgan fingerprint density at radius 3 is 2.32 bits per heavy atom. The lowest BCUT2D eigenvalue weighted by molar-refractivity contribution is -0.111. The zero-order chi connectivity index (χ0) is 20.0. The van der Waals surface area contributed by atoms with Gasteiger partial charge in [-0.05, 0) is 60.2 Å². The average molecular weight is 395 g/mol. The van der Waals surface area contributed by atoms with E-state index < -0.39 is 10.0 Å². The maximum atomic E-state index is 12.4. The molecule has 8 heteroatoms. The highest BCUT2D eigenvalue weighted by atomic mass is 32.2. The van der Waals surface area contributed by atoms with Crippen LogP contribution in [0.4, 0.5) is 11.5 Å². The van der Waals surface area contributed by atoms with Crippen molar-refractivity contribution in [1.29, 1.82) is 0 Å². The van der Waals surface area contributed by atoms with Crippen molar-refractivity contribution >= 4 is 33.5 Å². The fraction of sp³-hybridized carbons (Fsp3) is 0. The monoisotopic (exact) mass is 395 g/mol. The zero-order valence-electron chi connectivity index (χ0n) is 14.6. The maximum Gasteiger partial charge on any atom is 0.263 e. The van der Waals surface area contributed by atoms with Gasteiger partial charge in [-0.3, -0.25) is 9.52 Å². The van der Waals surface area contributed by atoms with Crippen molar-refractivity contribution in [3.63, 3.8) is 0 Å². The van der Waals surface area contributed by atoms with E-state index >= 15 is 0 Å². The molecule has 7 nitrogen and oxygen atoms in total. The average Bonchev–Trinajstić information content (AvgIpc) is 2.68. The summed E-state index contributed by atoms with van der Waals surface area (Å²) >= 11 is 0. The number of carbonyl (C=O) groups excluding carboxylic acids is 1. The molecular formula is C20H17N3O4S. The third-order valence-electron chi connectivity index (χ3n) is 3.66. The van der Waals surface area contributed by atoms with E-state index in [-0.39, 0.29) is 22.4 Å². The number of anilines is 2. The van der Waals surface area contributed by atoms with Crippen LogP contribution in [0.25, 0.3) is 6.08 Å². The van der Waals surface area contributed by atoms with E-state index in [9.17, 15) is 18.3 Å². The van der Waals surface area contributed by atoms with Gasteiger partial charge in [0.05, 0.1) is 4.90 Å². The Kier molecular flexibility index (Phi) is 5.71. The molecule has 0 aliphatic heterocycles. The van der Waals surface area contributed by atoms with E-state index in [1.54, 1.807) is 36.4 Å². The summed E-state index contributed by atoms with van der Waals surface area (Å²) in [5.41, 5.74) is 1.21. The van der Waals surface area contributed by atoms with Gasteiger partial charge in [-0.25, -0.2) is 13.4 Å². The van der Waals surface area contributed by atoms with E-state index in [0.29, 0.717) is 5.69 Å². The predicted molar refractivity (Wildman–Crippen MR) is 107 cm³/mol. The Hall–Kier alpha value is -3.65. The normalized spacial score (nSPS) is 11.3. The number of sulfonamides is 1. The topological polar surface area (TPSA) is 108 Å². The van der Waals surface area contributed by atoms with Crippen LogP contribution in [-0.2, 0) is 14.8 Å². The van der Waals surface area contributed by atoms with E-state index in [4.69, 9.17) is 0 Å². The smallest absolute Gasteiger partial charge is 0.263 e. The maximum absolute atomic E-state index is 12.4. The van der Waals surface area contributed by atoms with Crippen molar-refractivity contribution in [2.45, 2.75) is 4.90 Å². The molecule has 0 radical (unpaired) electrons. The third kappa shape index (κ3) is 5.18. The highest BCUT2D eigenvalue weighted by Gasteiger charge is 2.14. The van der Waals surface area contributed by atoms with Crippen molar-refractivity contribution in [2.24, 2.45) is 0 Å². The van der Waals surface area contributed by atoms with Crippen LogP contribution in [0, 0.1) is 0 Å². The number of nitrogens with one attached hydrogen (secondary N) is 2. The number of rotatable bonds is 6. The van der Waals surface area contributed by atoms with Crippen molar-refractivity contribution in [3.8, 4) is 5.75 Å². The molecule has 142 valence electrons. The number of carbonyl (C=O) groups is 1. The van der Waals surface area contributed by atoms with Gasteiger partial charge >= 0.3 is 0 Å². The number of phenolic OH excluding ortho intramolecular Hbond substituents is 1. The van der Waals surface area contributed by atoms with E-state index in [1.165, 1.54) is 48.7 Å². The highest BCUT2D eigenvalue weighted by Crippen LogP contribution is 2.17. The molecule has 0 fully saturated rings. The fourth-order valence-corrected chi connectivity index (χ4v) is 3.29. The van der Waals surface area contributed by atoms with Gasteiger partial charge in [0, 0.05) is 18.0 Å². The Morgan fingerprint density at radius 2 is 1.68 bits per heavy atom. The lowest BCUT2D eigenvalue weighted by Gasteiger charge is -2.08. The number of hydrogen-bond donors (Lipinski definition) is 3. The molecule has 0 saturated heterocycles. The molecule has 1 heterocycles. The fourth-order valence-electron chi connectivity index (χ4n) is 2.28. The first-order chi connectivity index (χ1) is 13.4. The molecule has 28 heavy (non-hydrogen) atoms. The first-order valence-electron chi connectivity index (χ1n) is 8.24. The van der Waals surface area contributed by atoms with E-state index in [2.05, 4.69) is 15.0 Å². The molecule has 2 aromatic carbocycles. The second-order valence-corrected chi connectivity index (χ2v) is 7.44. The van der Waals surface area contributed by atoms with Crippen LogP contribution < -0.4 is 10.0 Å².